The Kier molecular flexibility index (Phi) is 4.23. The number of hydrogen-bond donors (Lipinski definition) is 2. The van der Waals surface area contributed by atoms with Crippen LogP contribution in [0, 0.1) is 0 Å². The zero-order chi connectivity index (χ0) is 19.0. The van der Waals surface area contributed by atoms with Crippen LogP contribution in [0.4, 0.5) is 17.1 Å². The summed E-state index contributed by atoms with van der Waals surface area (Å²) in [5.74, 6) is 0.108. The number of benzene rings is 2. The Morgan fingerprint density at radius 1 is 1.11 bits per heavy atom. The van der Waals surface area contributed by atoms with E-state index in [2.05, 4.69) is 10.0 Å². The van der Waals surface area contributed by atoms with Crippen LogP contribution in [0.3, 0.4) is 0 Å². The molecule has 2 amide bonds. The number of anilines is 3. The van der Waals surface area contributed by atoms with Gasteiger partial charge in [0.2, 0.25) is 5.91 Å². The van der Waals surface area contributed by atoms with E-state index in [-0.39, 0.29) is 23.3 Å². The Balaban J connectivity index is 1.60. The number of carbonyl (C=O) groups is 2. The smallest absolute Gasteiger partial charge is 0.262 e. The molecule has 2 N–H and O–H groups in total. The van der Waals surface area contributed by atoms with Crippen molar-refractivity contribution in [2.24, 2.45) is 0 Å². The van der Waals surface area contributed by atoms with Crippen molar-refractivity contribution in [2.75, 3.05) is 28.1 Å². The van der Waals surface area contributed by atoms with Crippen molar-refractivity contribution >= 4 is 38.9 Å². The first kappa shape index (κ1) is 17.3. The quantitative estimate of drug-likeness (QED) is 0.834. The van der Waals surface area contributed by atoms with Crippen molar-refractivity contribution in [1.29, 1.82) is 0 Å². The molecule has 2 aliphatic rings. The lowest BCUT2D eigenvalue weighted by Gasteiger charge is -2.19. The predicted molar refractivity (Wildman–Crippen MR) is 99.4 cm³/mol. The van der Waals surface area contributed by atoms with E-state index in [1.165, 1.54) is 18.2 Å². The number of carbonyl (C=O) groups excluding carboxylic acids is 2. The Morgan fingerprint density at radius 3 is 2.74 bits per heavy atom. The van der Waals surface area contributed by atoms with Crippen LogP contribution in [0.2, 0.25) is 0 Å². The molecule has 0 aliphatic carbocycles. The molecule has 140 valence electrons. The van der Waals surface area contributed by atoms with Gasteiger partial charge in [0.15, 0.2) is 6.61 Å². The summed E-state index contributed by atoms with van der Waals surface area (Å²) < 4.78 is 33.2. The predicted octanol–water partition coefficient (Wildman–Crippen LogP) is 1.95. The number of fused-ring (bicyclic) bond motifs is 1. The first-order valence-electron chi connectivity index (χ1n) is 8.42. The van der Waals surface area contributed by atoms with Gasteiger partial charge in [-0.2, -0.15) is 0 Å². The molecule has 4 rings (SSSR count). The van der Waals surface area contributed by atoms with E-state index in [9.17, 15) is 18.0 Å². The van der Waals surface area contributed by atoms with Crippen LogP contribution >= 0.6 is 0 Å². The summed E-state index contributed by atoms with van der Waals surface area (Å²) in [5, 5.41) is 2.59. The highest BCUT2D eigenvalue weighted by atomic mass is 32.2. The SMILES string of the molecule is O=C1COc2ccc(S(=O)(=O)Nc3cccc(N4CCCC4=O)c3)cc2N1. The Morgan fingerprint density at radius 2 is 1.96 bits per heavy atom. The number of nitrogens with zero attached hydrogens (tertiary/aromatic N) is 1. The first-order chi connectivity index (χ1) is 12.9. The first-order valence-corrected chi connectivity index (χ1v) is 9.91. The highest BCUT2D eigenvalue weighted by molar-refractivity contribution is 7.92. The third-order valence-corrected chi connectivity index (χ3v) is 5.76. The molecule has 2 aliphatic heterocycles. The lowest BCUT2D eigenvalue weighted by atomic mass is 10.2. The largest absolute Gasteiger partial charge is 0.482 e. The summed E-state index contributed by atoms with van der Waals surface area (Å²) in [6.07, 6.45) is 1.29. The molecule has 2 heterocycles. The maximum atomic E-state index is 12.7. The van der Waals surface area contributed by atoms with Crippen molar-refractivity contribution < 1.29 is 22.7 Å². The van der Waals surface area contributed by atoms with Gasteiger partial charge in [0.25, 0.3) is 15.9 Å². The van der Waals surface area contributed by atoms with E-state index in [0.29, 0.717) is 35.8 Å². The van der Waals surface area contributed by atoms with Gasteiger partial charge in [-0.05, 0) is 42.8 Å². The number of rotatable bonds is 4. The zero-order valence-corrected chi connectivity index (χ0v) is 15.1. The highest BCUT2D eigenvalue weighted by Gasteiger charge is 2.23. The summed E-state index contributed by atoms with van der Waals surface area (Å²) in [5.41, 5.74) is 1.32. The molecule has 0 spiro atoms. The summed E-state index contributed by atoms with van der Waals surface area (Å²) in [7, 11) is -3.88. The second-order valence-electron chi connectivity index (χ2n) is 6.30. The molecule has 2 aromatic rings. The molecule has 8 nitrogen and oxygen atoms in total. The van der Waals surface area contributed by atoms with Gasteiger partial charge in [0.1, 0.15) is 5.75 Å². The summed E-state index contributed by atoms with van der Waals surface area (Å²) >= 11 is 0. The van der Waals surface area contributed by atoms with Crippen LogP contribution in [0.5, 0.6) is 5.75 Å². The average Bonchev–Trinajstić information content (AvgIpc) is 3.07. The van der Waals surface area contributed by atoms with Crippen LogP contribution in [0.15, 0.2) is 47.4 Å². The summed E-state index contributed by atoms with van der Waals surface area (Å²) in [6.45, 7) is 0.527. The van der Waals surface area contributed by atoms with Crippen molar-refractivity contribution in [3.8, 4) is 5.75 Å². The van der Waals surface area contributed by atoms with Crippen LogP contribution < -0.4 is 19.7 Å². The minimum absolute atomic E-state index is 0.00491. The molecule has 0 atom stereocenters. The van der Waals surface area contributed by atoms with Crippen molar-refractivity contribution in [2.45, 2.75) is 17.7 Å². The van der Waals surface area contributed by atoms with Crippen molar-refractivity contribution in [1.82, 2.24) is 0 Å². The molecule has 0 radical (unpaired) electrons. The maximum absolute atomic E-state index is 12.7. The minimum Gasteiger partial charge on any atom is -0.482 e. The van der Waals surface area contributed by atoms with Crippen LogP contribution in [-0.4, -0.2) is 33.4 Å². The summed E-state index contributed by atoms with van der Waals surface area (Å²) in [4.78, 5) is 25.0. The van der Waals surface area contributed by atoms with Crippen molar-refractivity contribution in [3.63, 3.8) is 0 Å². The number of ether oxygens (including phenoxy) is 1. The molecular weight excluding hydrogens is 370 g/mol. The highest BCUT2D eigenvalue weighted by Crippen LogP contribution is 2.31. The van der Waals surface area contributed by atoms with Gasteiger partial charge in [-0.15, -0.1) is 0 Å². The molecule has 2 aromatic carbocycles. The molecule has 1 saturated heterocycles. The average molecular weight is 387 g/mol. The van der Waals surface area contributed by atoms with Crippen LogP contribution in [0.25, 0.3) is 0 Å². The molecule has 27 heavy (non-hydrogen) atoms. The Hall–Kier alpha value is -3.07. The second kappa shape index (κ2) is 6.58. The fourth-order valence-electron chi connectivity index (χ4n) is 3.10. The lowest BCUT2D eigenvalue weighted by molar-refractivity contribution is -0.119. The normalized spacial score (nSPS) is 16.5. The van der Waals surface area contributed by atoms with Gasteiger partial charge in [-0.1, -0.05) is 6.07 Å². The van der Waals surface area contributed by atoms with E-state index >= 15 is 0 Å². The van der Waals surface area contributed by atoms with E-state index in [0.717, 1.165) is 6.42 Å². The monoisotopic (exact) mass is 387 g/mol. The van der Waals surface area contributed by atoms with E-state index < -0.39 is 10.0 Å². The van der Waals surface area contributed by atoms with E-state index in [4.69, 9.17) is 4.74 Å². The van der Waals surface area contributed by atoms with E-state index in [1.807, 2.05) is 0 Å². The number of hydrogen-bond acceptors (Lipinski definition) is 5. The van der Waals surface area contributed by atoms with Crippen LogP contribution in [-0.2, 0) is 19.6 Å². The number of amides is 2. The standard InChI is InChI=1S/C18H17N3O5S/c22-17-11-26-16-7-6-14(10-15(16)19-17)27(24,25)20-12-3-1-4-13(9-12)21-8-2-5-18(21)23/h1,3-4,6-7,9-10,20H,2,5,8,11H2,(H,19,22). The van der Waals surface area contributed by atoms with Crippen LogP contribution in [0.1, 0.15) is 12.8 Å². The maximum Gasteiger partial charge on any atom is 0.262 e. The lowest BCUT2D eigenvalue weighted by Crippen LogP contribution is -2.25. The van der Waals surface area contributed by atoms with Gasteiger partial charge in [0.05, 0.1) is 16.3 Å². The molecule has 9 heteroatoms. The van der Waals surface area contributed by atoms with E-state index in [1.54, 1.807) is 29.2 Å². The molecule has 0 saturated carbocycles. The number of nitrogens with one attached hydrogen (secondary N) is 2. The van der Waals surface area contributed by atoms with Gasteiger partial charge in [0, 0.05) is 18.7 Å². The molecule has 1 fully saturated rings. The van der Waals surface area contributed by atoms with Gasteiger partial charge in [-0.25, -0.2) is 8.42 Å². The fourth-order valence-corrected chi connectivity index (χ4v) is 4.18. The Labute approximate surface area is 156 Å². The minimum atomic E-state index is -3.88. The third-order valence-electron chi connectivity index (χ3n) is 4.38. The molecule has 0 unspecified atom stereocenters. The van der Waals surface area contributed by atoms with Gasteiger partial charge < -0.3 is 15.0 Å². The fraction of sp³-hybridized carbons (Fsp3) is 0.222. The summed E-state index contributed by atoms with van der Waals surface area (Å²) in [6, 6.07) is 11.0. The molecular formula is C18H17N3O5S. The topological polar surface area (TPSA) is 105 Å². The number of sulfonamides is 1. The second-order valence-corrected chi connectivity index (χ2v) is 7.98. The molecule has 0 bridgehead atoms. The van der Waals surface area contributed by atoms with Gasteiger partial charge in [-0.3, -0.25) is 14.3 Å². The van der Waals surface area contributed by atoms with Crippen molar-refractivity contribution in [3.05, 3.63) is 42.5 Å². The zero-order valence-electron chi connectivity index (χ0n) is 14.3. The Bertz CT molecular complexity index is 1040. The van der Waals surface area contributed by atoms with Gasteiger partial charge >= 0.3 is 0 Å². The third kappa shape index (κ3) is 3.45. The molecule has 0 aromatic heterocycles.